The number of hydrogen-bond acceptors (Lipinski definition) is 3. The van der Waals surface area contributed by atoms with Crippen LogP contribution < -0.4 is 0 Å². The fraction of sp³-hybridized carbons (Fsp3) is 0. The third-order valence-corrected chi connectivity index (χ3v) is 4.07. The Balaban J connectivity index is 2.34. The monoisotopic (exact) mass is 314 g/mol. The molecule has 0 aliphatic rings. The zero-order valence-electron chi connectivity index (χ0n) is 8.82. The van der Waals surface area contributed by atoms with Gasteiger partial charge in [-0.1, -0.05) is 40.9 Å². The average Bonchev–Trinajstić information content (AvgIpc) is 2.83. The van der Waals surface area contributed by atoms with E-state index >= 15 is 0 Å². The van der Waals surface area contributed by atoms with E-state index in [-0.39, 0.29) is 0 Å². The number of rotatable bonds is 1. The molecule has 2 nitrogen and oxygen atoms in total. The summed E-state index contributed by atoms with van der Waals surface area (Å²) in [5.41, 5.74) is 0.615. The van der Waals surface area contributed by atoms with Gasteiger partial charge in [-0.3, -0.25) is 0 Å². The van der Waals surface area contributed by atoms with Crippen LogP contribution in [0, 0.1) is 0 Å². The summed E-state index contributed by atoms with van der Waals surface area (Å²) >= 11 is 19.8. The van der Waals surface area contributed by atoms with Gasteiger partial charge in [0.1, 0.15) is 5.15 Å². The van der Waals surface area contributed by atoms with Crippen molar-refractivity contribution < 1.29 is 0 Å². The van der Waals surface area contributed by atoms with E-state index in [2.05, 4.69) is 9.97 Å². The molecule has 3 rings (SSSR count). The molecule has 2 aromatic heterocycles. The topological polar surface area (TPSA) is 25.8 Å². The van der Waals surface area contributed by atoms with Gasteiger partial charge in [-0.25, -0.2) is 9.97 Å². The normalized spacial score (nSPS) is 11.1. The molecule has 0 aliphatic carbocycles. The maximum Gasteiger partial charge on any atom is 0.171 e. The molecule has 0 amide bonds. The first kappa shape index (κ1) is 12.2. The highest BCUT2D eigenvalue weighted by atomic mass is 35.5. The van der Waals surface area contributed by atoms with Crippen molar-refractivity contribution in [3.05, 3.63) is 44.8 Å². The quantitative estimate of drug-likeness (QED) is 0.568. The lowest BCUT2D eigenvalue weighted by Gasteiger charge is -2.05. The van der Waals surface area contributed by atoms with E-state index in [4.69, 9.17) is 34.8 Å². The third kappa shape index (κ3) is 2.08. The molecule has 0 unspecified atom stereocenters. The molecule has 0 aliphatic heterocycles. The van der Waals surface area contributed by atoms with Gasteiger partial charge < -0.3 is 0 Å². The predicted octanol–water partition coefficient (Wildman–Crippen LogP) is 5.32. The molecule has 0 saturated heterocycles. The number of fused-ring (bicyclic) bond motifs is 1. The van der Waals surface area contributed by atoms with E-state index in [0.29, 0.717) is 31.9 Å². The van der Waals surface area contributed by atoms with Gasteiger partial charge in [0.05, 0.1) is 15.4 Å². The Labute approximate surface area is 122 Å². The Hall–Kier alpha value is -0.870. The summed E-state index contributed by atoms with van der Waals surface area (Å²) in [7, 11) is 0. The fourth-order valence-electron chi connectivity index (χ4n) is 1.64. The summed E-state index contributed by atoms with van der Waals surface area (Å²) in [6.45, 7) is 0. The van der Waals surface area contributed by atoms with Gasteiger partial charge in [0.25, 0.3) is 0 Å². The van der Waals surface area contributed by atoms with Crippen LogP contribution in [0.5, 0.6) is 0 Å². The summed E-state index contributed by atoms with van der Waals surface area (Å²) in [4.78, 5) is 9.67. The molecule has 0 radical (unpaired) electrons. The second kappa shape index (κ2) is 4.67. The van der Waals surface area contributed by atoms with Crippen molar-refractivity contribution in [2.75, 3.05) is 0 Å². The molecule has 0 fully saturated rings. The highest BCUT2D eigenvalue weighted by molar-refractivity contribution is 7.13. The Morgan fingerprint density at radius 2 is 1.89 bits per heavy atom. The van der Waals surface area contributed by atoms with E-state index < -0.39 is 0 Å². The zero-order valence-corrected chi connectivity index (χ0v) is 11.9. The smallest absolute Gasteiger partial charge is 0.171 e. The number of hydrogen-bond donors (Lipinski definition) is 0. The van der Waals surface area contributed by atoms with Crippen molar-refractivity contribution in [2.24, 2.45) is 0 Å². The Bertz CT molecular complexity index is 726. The summed E-state index contributed by atoms with van der Waals surface area (Å²) in [6, 6.07) is 7.23. The summed E-state index contributed by atoms with van der Waals surface area (Å²) in [6.07, 6.45) is 0. The van der Waals surface area contributed by atoms with Crippen LogP contribution in [0.4, 0.5) is 0 Å². The van der Waals surface area contributed by atoms with E-state index in [9.17, 15) is 0 Å². The largest absolute Gasteiger partial charge is 0.226 e. The van der Waals surface area contributed by atoms with Crippen LogP contribution in [0.1, 0.15) is 0 Å². The van der Waals surface area contributed by atoms with Gasteiger partial charge in [0.2, 0.25) is 0 Å². The number of halogens is 3. The zero-order chi connectivity index (χ0) is 12.7. The van der Waals surface area contributed by atoms with Crippen molar-refractivity contribution in [3.63, 3.8) is 0 Å². The lowest BCUT2D eigenvalue weighted by molar-refractivity contribution is 1.24. The van der Waals surface area contributed by atoms with Gasteiger partial charge in [-0.15, -0.1) is 11.3 Å². The van der Waals surface area contributed by atoms with Gasteiger partial charge >= 0.3 is 0 Å². The molecule has 90 valence electrons. The highest BCUT2D eigenvalue weighted by Crippen LogP contribution is 2.33. The second-order valence-corrected chi connectivity index (χ2v) is 5.75. The van der Waals surface area contributed by atoms with Crippen molar-refractivity contribution in [1.82, 2.24) is 9.97 Å². The maximum absolute atomic E-state index is 6.16. The molecule has 0 spiro atoms. The van der Waals surface area contributed by atoms with Crippen molar-refractivity contribution in [1.29, 1.82) is 0 Å². The molecule has 18 heavy (non-hydrogen) atoms. The van der Waals surface area contributed by atoms with Gasteiger partial charge in [-0.2, -0.15) is 0 Å². The van der Waals surface area contributed by atoms with Crippen LogP contribution in [0.15, 0.2) is 29.6 Å². The minimum Gasteiger partial charge on any atom is -0.226 e. The number of benzene rings is 1. The predicted molar refractivity (Wildman–Crippen MR) is 77.9 cm³/mol. The van der Waals surface area contributed by atoms with E-state index in [1.165, 1.54) is 0 Å². The standard InChI is InChI=1S/C12H5Cl3N2S/c13-6-4-7-10(8(14)5-6)16-12(17-11(7)15)9-2-1-3-18-9/h1-5H. The molecule has 0 atom stereocenters. The summed E-state index contributed by atoms with van der Waals surface area (Å²) < 4.78 is 0. The van der Waals surface area contributed by atoms with E-state index in [1.807, 2.05) is 17.5 Å². The average molecular weight is 316 g/mol. The molecule has 6 heteroatoms. The van der Waals surface area contributed by atoms with Crippen molar-refractivity contribution >= 4 is 57.0 Å². The summed E-state index contributed by atoms with van der Waals surface area (Å²) in [5.74, 6) is 0.576. The Morgan fingerprint density at radius 3 is 2.61 bits per heavy atom. The van der Waals surface area contributed by atoms with Crippen LogP contribution in [-0.2, 0) is 0 Å². The Morgan fingerprint density at radius 1 is 1.06 bits per heavy atom. The fourth-order valence-corrected chi connectivity index (χ4v) is 3.05. The minimum atomic E-state index is 0.354. The number of aromatic nitrogens is 2. The second-order valence-electron chi connectivity index (χ2n) is 3.60. The molecule has 0 bridgehead atoms. The molecular formula is C12H5Cl3N2S. The van der Waals surface area contributed by atoms with Crippen LogP contribution in [0.3, 0.4) is 0 Å². The lowest BCUT2D eigenvalue weighted by Crippen LogP contribution is -1.91. The molecular weight excluding hydrogens is 311 g/mol. The van der Waals surface area contributed by atoms with Crippen LogP contribution in [0.25, 0.3) is 21.6 Å². The number of thiophene rings is 1. The lowest BCUT2D eigenvalue weighted by atomic mass is 10.2. The van der Waals surface area contributed by atoms with Crippen molar-refractivity contribution in [2.45, 2.75) is 0 Å². The maximum atomic E-state index is 6.16. The third-order valence-electron chi connectivity index (χ3n) is 2.41. The first-order chi connectivity index (χ1) is 8.65. The molecule has 3 aromatic rings. The summed E-state index contributed by atoms with van der Waals surface area (Å²) in [5, 5.41) is 3.96. The molecule has 0 saturated carbocycles. The Kier molecular flexibility index (Phi) is 3.16. The van der Waals surface area contributed by atoms with Crippen molar-refractivity contribution in [3.8, 4) is 10.7 Å². The van der Waals surface area contributed by atoms with Gasteiger partial charge in [0.15, 0.2) is 5.82 Å². The molecule has 2 heterocycles. The minimum absolute atomic E-state index is 0.354. The highest BCUT2D eigenvalue weighted by Gasteiger charge is 2.12. The van der Waals surface area contributed by atoms with Gasteiger partial charge in [-0.05, 0) is 23.6 Å². The van der Waals surface area contributed by atoms with Crippen LogP contribution >= 0.6 is 46.1 Å². The SMILES string of the molecule is Clc1cc(Cl)c2nc(-c3cccs3)nc(Cl)c2c1. The number of nitrogens with zero attached hydrogens (tertiary/aromatic N) is 2. The molecule has 0 N–H and O–H groups in total. The van der Waals surface area contributed by atoms with E-state index in [1.54, 1.807) is 23.5 Å². The first-order valence-electron chi connectivity index (χ1n) is 5.01. The van der Waals surface area contributed by atoms with Gasteiger partial charge in [0, 0.05) is 10.4 Å². The molecule has 1 aromatic carbocycles. The first-order valence-corrected chi connectivity index (χ1v) is 7.02. The van der Waals surface area contributed by atoms with Crippen LogP contribution in [-0.4, -0.2) is 9.97 Å². The van der Waals surface area contributed by atoms with Crippen LogP contribution in [0.2, 0.25) is 15.2 Å². The van der Waals surface area contributed by atoms with E-state index in [0.717, 1.165) is 4.88 Å².